The van der Waals surface area contributed by atoms with Gasteiger partial charge in [-0.25, -0.2) is 5.43 Å². The highest BCUT2D eigenvalue weighted by atomic mass is 79.9. The molecule has 0 radical (unpaired) electrons. The Morgan fingerprint density at radius 3 is 1.72 bits per heavy atom. The Hall–Kier alpha value is -3.29. The number of halogens is 2. The first-order valence-electron chi connectivity index (χ1n) is 9.67. The monoisotopic (exact) mass is 550 g/mol. The van der Waals surface area contributed by atoms with E-state index in [2.05, 4.69) is 52.9 Å². The number of carbonyl (C=O) groups excluding carboxylic acids is 1. The summed E-state index contributed by atoms with van der Waals surface area (Å²) in [5, 5.41) is 8.17. The smallest absolute Gasteiger partial charge is 0.271 e. The molecular weight excluding hydrogens is 532 g/mol. The molecule has 2 N–H and O–H groups in total. The number of hydrogen-bond donors (Lipinski definition) is 2. The highest BCUT2D eigenvalue weighted by Gasteiger charge is 2.03. The third-order valence-electron chi connectivity index (χ3n) is 4.09. The minimum atomic E-state index is -0.301. The van der Waals surface area contributed by atoms with Crippen LogP contribution in [0.25, 0.3) is 12.2 Å². The van der Waals surface area contributed by atoms with E-state index in [0.717, 1.165) is 25.8 Å². The van der Waals surface area contributed by atoms with E-state index >= 15 is 0 Å². The van der Waals surface area contributed by atoms with Crippen molar-refractivity contribution in [2.24, 2.45) is 10.2 Å². The fourth-order valence-electron chi connectivity index (χ4n) is 2.57. The third-order valence-corrected chi connectivity index (χ3v) is 4.96. The minimum Gasteiger partial charge on any atom is -0.278 e. The molecule has 0 saturated heterocycles. The van der Waals surface area contributed by atoms with Gasteiger partial charge in [-0.2, -0.15) is 10.2 Å². The van der Waals surface area contributed by atoms with E-state index < -0.39 is 0 Å². The van der Waals surface area contributed by atoms with E-state index in [-0.39, 0.29) is 5.91 Å². The Labute approximate surface area is 203 Å². The van der Waals surface area contributed by atoms with Crippen molar-refractivity contribution < 1.29 is 4.79 Å². The number of amides is 1. The van der Waals surface area contributed by atoms with Crippen LogP contribution in [0.15, 0.2) is 104 Å². The summed E-state index contributed by atoms with van der Waals surface area (Å²) in [5.41, 5.74) is 8.80. The third kappa shape index (κ3) is 8.09. The summed E-state index contributed by atoms with van der Waals surface area (Å²) in [4.78, 5) is 12.2. The van der Waals surface area contributed by atoms with Crippen molar-refractivity contribution in [1.82, 2.24) is 5.43 Å². The summed E-state index contributed by atoms with van der Waals surface area (Å²) in [6.07, 6.45) is 7.08. The second kappa shape index (κ2) is 12.5. The lowest BCUT2D eigenvalue weighted by Gasteiger charge is -2.03. The Kier molecular flexibility index (Phi) is 9.16. The molecule has 0 spiro atoms. The summed E-state index contributed by atoms with van der Waals surface area (Å²) >= 11 is 6.88. The van der Waals surface area contributed by atoms with Crippen molar-refractivity contribution in [1.29, 1.82) is 0 Å². The van der Waals surface area contributed by atoms with Gasteiger partial charge in [0.05, 0.1) is 18.1 Å². The van der Waals surface area contributed by atoms with E-state index in [1.54, 1.807) is 30.5 Å². The number of nitrogens with one attached hydrogen (secondary N) is 2. The van der Waals surface area contributed by atoms with Crippen LogP contribution < -0.4 is 10.9 Å². The number of hydrogen-bond acceptors (Lipinski definition) is 4. The zero-order valence-electron chi connectivity index (χ0n) is 17.0. The molecule has 160 valence electrons. The number of hydrazone groups is 2. The minimum absolute atomic E-state index is 0.301. The topological polar surface area (TPSA) is 65.8 Å². The zero-order chi connectivity index (χ0) is 22.6. The van der Waals surface area contributed by atoms with E-state index in [4.69, 9.17) is 0 Å². The molecule has 0 fully saturated rings. The highest BCUT2D eigenvalue weighted by Crippen LogP contribution is 2.13. The van der Waals surface area contributed by atoms with Crippen LogP contribution >= 0.6 is 31.9 Å². The fourth-order valence-corrected chi connectivity index (χ4v) is 3.31. The summed E-state index contributed by atoms with van der Waals surface area (Å²) in [6, 6.07) is 26.7. The van der Waals surface area contributed by atoms with Gasteiger partial charge >= 0.3 is 0 Å². The molecule has 0 atom stereocenters. The molecule has 32 heavy (non-hydrogen) atoms. The molecular formula is C25H20Br2N4O. The van der Waals surface area contributed by atoms with E-state index in [9.17, 15) is 4.79 Å². The Bertz CT molecular complexity index is 1140. The maximum Gasteiger partial charge on any atom is 0.271 e. The predicted molar refractivity (Wildman–Crippen MR) is 141 cm³/mol. The fraction of sp³-hybridized carbons (Fsp3) is 0. The Balaban J connectivity index is 1.49. The molecule has 0 saturated carbocycles. The van der Waals surface area contributed by atoms with Crippen molar-refractivity contribution in [2.45, 2.75) is 0 Å². The van der Waals surface area contributed by atoms with Crippen LogP contribution in [0.3, 0.4) is 0 Å². The van der Waals surface area contributed by atoms with Crippen molar-refractivity contribution >= 4 is 68.0 Å². The second-order valence-corrected chi connectivity index (χ2v) is 8.36. The van der Waals surface area contributed by atoms with Crippen LogP contribution in [-0.2, 0) is 0 Å². The number of rotatable bonds is 8. The van der Waals surface area contributed by atoms with Gasteiger partial charge in [0.25, 0.3) is 5.91 Å². The molecule has 0 unspecified atom stereocenters. The van der Waals surface area contributed by atoms with Crippen molar-refractivity contribution in [3.8, 4) is 0 Å². The molecule has 0 aliphatic rings. The summed E-state index contributed by atoms with van der Waals surface area (Å²) in [7, 11) is 0. The lowest BCUT2D eigenvalue weighted by Crippen LogP contribution is -2.17. The molecule has 0 aliphatic carbocycles. The maximum atomic E-state index is 12.2. The van der Waals surface area contributed by atoms with Gasteiger partial charge in [0, 0.05) is 14.5 Å². The van der Waals surface area contributed by atoms with Crippen LogP contribution in [-0.4, -0.2) is 18.3 Å². The van der Waals surface area contributed by atoms with Gasteiger partial charge in [0.1, 0.15) is 0 Å². The van der Waals surface area contributed by atoms with Crippen LogP contribution in [0, 0.1) is 0 Å². The van der Waals surface area contributed by atoms with Crippen LogP contribution in [0.4, 0.5) is 5.69 Å². The average molecular weight is 552 g/mol. The van der Waals surface area contributed by atoms with Crippen LogP contribution in [0.1, 0.15) is 21.5 Å². The largest absolute Gasteiger partial charge is 0.278 e. The van der Waals surface area contributed by atoms with Crippen LogP contribution in [0.2, 0.25) is 0 Å². The van der Waals surface area contributed by atoms with Crippen molar-refractivity contribution in [3.63, 3.8) is 0 Å². The molecule has 7 heteroatoms. The molecule has 0 heterocycles. The number of anilines is 1. The second-order valence-electron chi connectivity index (χ2n) is 6.53. The number of nitrogens with zero attached hydrogens (tertiary/aromatic N) is 2. The molecule has 0 bridgehead atoms. The zero-order valence-corrected chi connectivity index (χ0v) is 20.1. The SMILES string of the molecule is O=C(NN=CC(Br)=Cc1ccccc1)c1ccc(NN=CC(Br)=Cc2ccccc2)cc1. The van der Waals surface area contributed by atoms with Gasteiger partial charge in [0.15, 0.2) is 0 Å². The molecule has 0 aliphatic heterocycles. The maximum absolute atomic E-state index is 12.2. The van der Waals surface area contributed by atoms with Crippen LogP contribution in [0.5, 0.6) is 0 Å². The van der Waals surface area contributed by atoms with E-state index in [0.29, 0.717) is 5.56 Å². The van der Waals surface area contributed by atoms with E-state index in [1.165, 1.54) is 6.21 Å². The lowest BCUT2D eigenvalue weighted by molar-refractivity contribution is 0.0955. The lowest BCUT2D eigenvalue weighted by atomic mass is 10.2. The summed E-state index contributed by atoms with van der Waals surface area (Å²) in [5.74, 6) is -0.301. The molecule has 0 aromatic heterocycles. The van der Waals surface area contributed by atoms with Gasteiger partial charge in [-0.1, -0.05) is 60.7 Å². The number of carbonyl (C=O) groups is 1. The van der Waals surface area contributed by atoms with Crippen molar-refractivity contribution in [2.75, 3.05) is 5.43 Å². The number of benzene rings is 3. The predicted octanol–water partition coefficient (Wildman–Crippen LogP) is 6.67. The standard InChI is InChI=1S/C25H20Br2N4O/c26-22(15-19-7-3-1-4-8-19)17-28-30-24-13-11-21(12-14-24)25(32)31-29-18-23(27)16-20-9-5-2-6-10-20/h1-18,30H,(H,31,32). The highest BCUT2D eigenvalue weighted by molar-refractivity contribution is 9.12. The van der Waals surface area contributed by atoms with Crippen molar-refractivity contribution in [3.05, 3.63) is 111 Å². The quantitative estimate of drug-likeness (QED) is 0.242. The van der Waals surface area contributed by atoms with Gasteiger partial charge < -0.3 is 0 Å². The average Bonchev–Trinajstić information content (AvgIpc) is 2.81. The molecule has 5 nitrogen and oxygen atoms in total. The van der Waals surface area contributed by atoms with Gasteiger partial charge in [0.2, 0.25) is 0 Å². The molecule has 3 aromatic carbocycles. The molecule has 1 amide bonds. The first kappa shape index (κ1) is 23.4. The molecule has 3 rings (SSSR count). The summed E-state index contributed by atoms with van der Waals surface area (Å²) in [6.45, 7) is 0. The Morgan fingerprint density at radius 2 is 1.19 bits per heavy atom. The first-order valence-corrected chi connectivity index (χ1v) is 11.3. The first-order chi connectivity index (χ1) is 15.6. The summed E-state index contributed by atoms with van der Waals surface area (Å²) < 4.78 is 1.58. The molecule has 3 aromatic rings. The Morgan fingerprint density at radius 1 is 0.688 bits per heavy atom. The van der Waals surface area contributed by atoms with Gasteiger partial charge in [-0.3, -0.25) is 10.2 Å². The van der Waals surface area contributed by atoms with Gasteiger partial charge in [-0.15, -0.1) is 0 Å². The normalized spacial score (nSPS) is 12.3. The van der Waals surface area contributed by atoms with E-state index in [1.807, 2.05) is 72.8 Å². The number of allylic oxidation sites excluding steroid dienone is 2. The van der Waals surface area contributed by atoms with Gasteiger partial charge in [-0.05, 0) is 79.4 Å².